The smallest absolute Gasteiger partial charge is 0.169 e. The highest BCUT2D eigenvalue weighted by atomic mass is 35.5. The van der Waals surface area contributed by atoms with Crippen molar-refractivity contribution in [1.82, 2.24) is 4.90 Å². The summed E-state index contributed by atoms with van der Waals surface area (Å²) in [7, 11) is 0. The zero-order valence-corrected chi connectivity index (χ0v) is 11.7. The molecule has 0 aromatic heterocycles. The van der Waals surface area contributed by atoms with Gasteiger partial charge in [-0.1, -0.05) is 34.4 Å². The molecule has 0 aliphatic carbocycles. The zero-order valence-electron chi connectivity index (χ0n) is 10.2. The first-order valence-corrected chi connectivity index (χ1v) is 6.61. The molecule has 0 saturated carbocycles. The van der Waals surface area contributed by atoms with E-state index in [0.29, 0.717) is 29.7 Å². The van der Waals surface area contributed by atoms with Gasteiger partial charge in [0.05, 0.1) is 6.61 Å². The van der Waals surface area contributed by atoms with Crippen LogP contribution in [0, 0.1) is 0 Å². The Hall–Kier alpha value is -1.01. The standard InChI is InChI=1S/C12H15Cl2N3O2/c13-9-2-1-3-10(14)8(9)6-17-4-5-19-11(7-17)12(15)16-18/h1-3,11,18H,4-7H2,(H2,15,16). The fourth-order valence-electron chi connectivity index (χ4n) is 2.00. The summed E-state index contributed by atoms with van der Waals surface area (Å²) in [5.41, 5.74) is 6.44. The Morgan fingerprint density at radius 2 is 2.16 bits per heavy atom. The summed E-state index contributed by atoms with van der Waals surface area (Å²) in [5.74, 6) is 0.0787. The molecule has 104 valence electrons. The summed E-state index contributed by atoms with van der Waals surface area (Å²) >= 11 is 12.3. The quantitative estimate of drug-likeness (QED) is 0.387. The van der Waals surface area contributed by atoms with Crippen LogP contribution in [0.3, 0.4) is 0 Å². The number of oxime groups is 1. The molecule has 1 aromatic carbocycles. The van der Waals surface area contributed by atoms with Crippen molar-refractivity contribution in [3.8, 4) is 0 Å². The molecule has 5 nitrogen and oxygen atoms in total. The SMILES string of the molecule is NC(=NO)C1CN(Cc2c(Cl)cccc2Cl)CCO1. The lowest BCUT2D eigenvalue weighted by Crippen LogP contribution is -2.48. The van der Waals surface area contributed by atoms with Crippen LogP contribution >= 0.6 is 23.2 Å². The van der Waals surface area contributed by atoms with Crippen molar-refractivity contribution in [2.24, 2.45) is 10.9 Å². The molecular weight excluding hydrogens is 289 g/mol. The van der Waals surface area contributed by atoms with E-state index in [2.05, 4.69) is 10.1 Å². The fraction of sp³-hybridized carbons (Fsp3) is 0.417. The van der Waals surface area contributed by atoms with E-state index in [0.717, 1.165) is 12.1 Å². The summed E-state index contributed by atoms with van der Waals surface area (Å²) in [6.07, 6.45) is -0.403. The van der Waals surface area contributed by atoms with E-state index in [9.17, 15) is 0 Å². The Kier molecular flexibility index (Phi) is 4.87. The number of ether oxygens (including phenoxy) is 1. The summed E-state index contributed by atoms with van der Waals surface area (Å²) in [5, 5.41) is 12.9. The molecule has 0 bridgehead atoms. The number of nitrogens with two attached hydrogens (primary N) is 1. The molecule has 7 heteroatoms. The number of halogens is 2. The largest absolute Gasteiger partial charge is 0.409 e. The first-order chi connectivity index (χ1) is 9.11. The minimum atomic E-state index is -0.403. The number of amidine groups is 1. The second-order valence-corrected chi connectivity index (χ2v) is 5.13. The minimum Gasteiger partial charge on any atom is -0.409 e. The highest BCUT2D eigenvalue weighted by molar-refractivity contribution is 6.35. The first kappa shape index (κ1) is 14.4. The molecule has 1 saturated heterocycles. The highest BCUT2D eigenvalue weighted by Gasteiger charge is 2.24. The summed E-state index contributed by atoms with van der Waals surface area (Å²) in [6.45, 7) is 2.41. The zero-order chi connectivity index (χ0) is 13.8. The van der Waals surface area contributed by atoms with Crippen LogP contribution in [0.2, 0.25) is 10.0 Å². The Morgan fingerprint density at radius 1 is 1.47 bits per heavy atom. The van der Waals surface area contributed by atoms with Gasteiger partial charge in [0.2, 0.25) is 0 Å². The van der Waals surface area contributed by atoms with Crippen LogP contribution in [0.15, 0.2) is 23.4 Å². The average molecular weight is 304 g/mol. The van der Waals surface area contributed by atoms with Gasteiger partial charge in [-0.2, -0.15) is 0 Å². The van der Waals surface area contributed by atoms with Crippen LogP contribution in [0.25, 0.3) is 0 Å². The summed E-state index contributed by atoms with van der Waals surface area (Å²) in [4.78, 5) is 2.11. The molecule has 1 heterocycles. The van der Waals surface area contributed by atoms with Gasteiger partial charge in [-0.3, -0.25) is 4.90 Å². The number of hydrogen-bond donors (Lipinski definition) is 2. The number of benzene rings is 1. The van der Waals surface area contributed by atoms with Crippen molar-refractivity contribution >= 4 is 29.0 Å². The molecule has 1 atom stereocenters. The van der Waals surface area contributed by atoms with Crippen molar-refractivity contribution in [2.45, 2.75) is 12.6 Å². The summed E-state index contributed by atoms with van der Waals surface area (Å²) in [6, 6.07) is 5.43. The lowest BCUT2D eigenvalue weighted by atomic mass is 10.1. The molecule has 1 unspecified atom stereocenters. The number of nitrogens with zero attached hydrogens (tertiary/aromatic N) is 2. The van der Waals surface area contributed by atoms with E-state index >= 15 is 0 Å². The predicted molar refractivity (Wildman–Crippen MR) is 74.9 cm³/mol. The molecule has 3 N–H and O–H groups in total. The van der Waals surface area contributed by atoms with Gasteiger partial charge in [-0.15, -0.1) is 0 Å². The topological polar surface area (TPSA) is 71.1 Å². The molecule has 1 fully saturated rings. The maximum Gasteiger partial charge on any atom is 0.169 e. The van der Waals surface area contributed by atoms with E-state index < -0.39 is 6.10 Å². The van der Waals surface area contributed by atoms with E-state index in [-0.39, 0.29) is 5.84 Å². The van der Waals surface area contributed by atoms with Gasteiger partial charge >= 0.3 is 0 Å². The van der Waals surface area contributed by atoms with E-state index in [4.69, 9.17) is 38.9 Å². The van der Waals surface area contributed by atoms with Crippen LogP contribution in [0.4, 0.5) is 0 Å². The van der Waals surface area contributed by atoms with Gasteiger partial charge in [0, 0.05) is 35.2 Å². The van der Waals surface area contributed by atoms with Crippen molar-refractivity contribution in [2.75, 3.05) is 19.7 Å². The van der Waals surface area contributed by atoms with Gasteiger partial charge < -0.3 is 15.7 Å². The number of hydrogen-bond acceptors (Lipinski definition) is 4. The summed E-state index contributed by atoms with van der Waals surface area (Å²) < 4.78 is 5.44. The average Bonchev–Trinajstić information content (AvgIpc) is 2.42. The van der Waals surface area contributed by atoms with Crippen molar-refractivity contribution in [1.29, 1.82) is 0 Å². The van der Waals surface area contributed by atoms with Crippen LogP contribution in [-0.2, 0) is 11.3 Å². The van der Waals surface area contributed by atoms with Gasteiger partial charge in [-0.25, -0.2) is 0 Å². The Labute approximate surface area is 121 Å². The first-order valence-electron chi connectivity index (χ1n) is 5.86. The molecule has 0 amide bonds. The Bertz CT molecular complexity index is 462. The third kappa shape index (κ3) is 3.51. The molecule has 1 aromatic rings. The molecule has 2 rings (SSSR count). The van der Waals surface area contributed by atoms with Crippen LogP contribution in [0.1, 0.15) is 5.56 Å². The number of rotatable bonds is 3. The van der Waals surface area contributed by atoms with E-state index in [1.54, 1.807) is 0 Å². The Balaban J connectivity index is 2.07. The second-order valence-electron chi connectivity index (χ2n) is 4.32. The van der Waals surface area contributed by atoms with Crippen molar-refractivity contribution in [3.05, 3.63) is 33.8 Å². The maximum absolute atomic E-state index is 8.67. The Morgan fingerprint density at radius 3 is 2.79 bits per heavy atom. The molecule has 19 heavy (non-hydrogen) atoms. The lowest BCUT2D eigenvalue weighted by Gasteiger charge is -2.32. The predicted octanol–water partition coefficient (Wildman–Crippen LogP) is 1.94. The lowest BCUT2D eigenvalue weighted by molar-refractivity contribution is 0.00143. The molecule has 0 radical (unpaired) electrons. The van der Waals surface area contributed by atoms with Crippen LogP contribution < -0.4 is 5.73 Å². The van der Waals surface area contributed by atoms with Gasteiger partial charge in [-0.05, 0) is 12.1 Å². The fourth-order valence-corrected chi connectivity index (χ4v) is 2.51. The third-order valence-corrected chi connectivity index (χ3v) is 3.75. The monoisotopic (exact) mass is 303 g/mol. The number of morpholine rings is 1. The van der Waals surface area contributed by atoms with E-state index in [1.807, 2.05) is 18.2 Å². The normalized spacial score (nSPS) is 21.6. The van der Waals surface area contributed by atoms with Crippen molar-refractivity contribution in [3.63, 3.8) is 0 Å². The minimum absolute atomic E-state index is 0.0787. The third-order valence-electron chi connectivity index (χ3n) is 3.04. The van der Waals surface area contributed by atoms with Gasteiger partial charge in [0.25, 0.3) is 0 Å². The molecule has 1 aliphatic heterocycles. The van der Waals surface area contributed by atoms with Gasteiger partial charge in [0.1, 0.15) is 6.10 Å². The van der Waals surface area contributed by atoms with Crippen molar-refractivity contribution < 1.29 is 9.94 Å². The molecule has 1 aliphatic rings. The van der Waals surface area contributed by atoms with E-state index in [1.165, 1.54) is 0 Å². The maximum atomic E-state index is 8.67. The second kappa shape index (κ2) is 6.43. The molecule has 0 spiro atoms. The highest BCUT2D eigenvalue weighted by Crippen LogP contribution is 2.26. The van der Waals surface area contributed by atoms with Crippen LogP contribution in [-0.4, -0.2) is 41.7 Å². The molecular formula is C12H15Cl2N3O2. The van der Waals surface area contributed by atoms with Gasteiger partial charge in [0.15, 0.2) is 5.84 Å². The van der Waals surface area contributed by atoms with Crippen LogP contribution in [0.5, 0.6) is 0 Å².